The molecule has 1 aromatic heterocycles. The first kappa shape index (κ1) is 15.0. The van der Waals surface area contributed by atoms with Gasteiger partial charge >= 0.3 is 58.2 Å². The van der Waals surface area contributed by atoms with Gasteiger partial charge in [0.25, 0.3) is 0 Å². The first-order chi connectivity index (χ1) is 6.92. The quantitative estimate of drug-likeness (QED) is 0.761. The molecule has 0 spiro atoms. The molecular weight excluding hydrogens is 264 g/mol. The summed E-state index contributed by atoms with van der Waals surface area (Å²) in [4.78, 5) is 12.9. The SMILES string of the molecule is CC.O=[C-]Oc1c[nH]c2ccccc12.[Rb+]. The van der Waals surface area contributed by atoms with Gasteiger partial charge in [-0.25, -0.2) is 0 Å². The van der Waals surface area contributed by atoms with Crippen molar-refractivity contribution in [3.05, 3.63) is 30.5 Å². The second-order valence-corrected chi connectivity index (χ2v) is 2.38. The topological polar surface area (TPSA) is 42.1 Å². The monoisotopic (exact) mass is 275 g/mol. The molecule has 2 rings (SSSR count). The van der Waals surface area contributed by atoms with Crippen LogP contribution >= 0.6 is 0 Å². The van der Waals surface area contributed by atoms with E-state index in [1.807, 2.05) is 38.1 Å². The Morgan fingerprint density at radius 1 is 1.27 bits per heavy atom. The van der Waals surface area contributed by atoms with Gasteiger partial charge in [-0.3, -0.25) is 0 Å². The molecule has 0 aliphatic rings. The van der Waals surface area contributed by atoms with Gasteiger partial charge in [0.05, 0.1) is 0 Å². The summed E-state index contributed by atoms with van der Waals surface area (Å²) in [5.41, 5.74) is 0.947. The first-order valence-corrected chi connectivity index (χ1v) is 4.52. The van der Waals surface area contributed by atoms with Crippen LogP contribution in [-0.2, 0) is 4.79 Å². The van der Waals surface area contributed by atoms with Crippen LogP contribution in [0.15, 0.2) is 30.5 Å². The van der Waals surface area contributed by atoms with E-state index >= 15 is 0 Å². The maximum atomic E-state index is 9.95. The first-order valence-electron chi connectivity index (χ1n) is 4.52. The number of hydrogen-bond donors (Lipinski definition) is 1. The summed E-state index contributed by atoms with van der Waals surface area (Å²) in [5, 5.41) is 0.890. The van der Waals surface area contributed by atoms with E-state index in [2.05, 4.69) is 9.72 Å². The van der Waals surface area contributed by atoms with Crippen LogP contribution in [-0.4, -0.2) is 11.5 Å². The molecule has 1 N–H and O–H groups in total. The Morgan fingerprint density at radius 2 is 1.93 bits per heavy atom. The Kier molecular flexibility index (Phi) is 8.24. The van der Waals surface area contributed by atoms with Gasteiger partial charge in [0.2, 0.25) is 0 Å². The Labute approximate surface area is 138 Å². The summed E-state index contributed by atoms with van der Waals surface area (Å²) in [6.07, 6.45) is 1.63. The molecule has 0 radical (unpaired) electrons. The summed E-state index contributed by atoms with van der Waals surface area (Å²) >= 11 is 0. The number of hydrogen-bond acceptors (Lipinski definition) is 2. The minimum Gasteiger partial charge on any atom is -0.608 e. The average Bonchev–Trinajstić information content (AvgIpc) is 2.66. The van der Waals surface area contributed by atoms with E-state index in [1.54, 1.807) is 6.20 Å². The van der Waals surface area contributed by atoms with Gasteiger partial charge in [-0.05, 0) is 23.4 Å². The molecule has 0 fully saturated rings. The van der Waals surface area contributed by atoms with E-state index in [-0.39, 0.29) is 58.2 Å². The number of nitrogens with one attached hydrogen (secondary N) is 1. The number of para-hydroxylation sites is 1. The van der Waals surface area contributed by atoms with E-state index < -0.39 is 0 Å². The molecule has 1 aromatic carbocycles. The zero-order valence-electron chi connectivity index (χ0n) is 9.20. The van der Waals surface area contributed by atoms with Crippen molar-refractivity contribution < 1.29 is 67.7 Å². The standard InChI is InChI=1S/C9H6NO2.C2H6.Rb/c11-6-12-9-5-10-8-4-2-1-3-7(8)9;1-2;/h1-5,10H;1-2H3;/q-1;;+1. The van der Waals surface area contributed by atoms with Crippen LogP contribution in [0, 0.1) is 0 Å². The van der Waals surface area contributed by atoms with Crippen molar-refractivity contribution in [2.24, 2.45) is 0 Å². The number of H-pyrrole nitrogens is 1. The molecule has 0 aliphatic heterocycles. The molecule has 74 valence electrons. The number of aromatic nitrogens is 1. The maximum absolute atomic E-state index is 9.95. The van der Waals surface area contributed by atoms with Gasteiger partial charge < -0.3 is 14.5 Å². The molecule has 0 aliphatic carbocycles. The summed E-state index contributed by atoms with van der Waals surface area (Å²) in [7, 11) is 0. The van der Waals surface area contributed by atoms with Crippen LogP contribution in [0.4, 0.5) is 0 Å². The third kappa shape index (κ3) is 3.83. The van der Waals surface area contributed by atoms with Crippen molar-refractivity contribution in [1.82, 2.24) is 4.98 Å². The molecule has 2 aromatic rings. The average molecular weight is 276 g/mol. The predicted molar refractivity (Wildman–Crippen MR) is 56.0 cm³/mol. The second-order valence-electron chi connectivity index (χ2n) is 2.38. The van der Waals surface area contributed by atoms with Crippen molar-refractivity contribution in [2.45, 2.75) is 13.8 Å². The molecule has 0 saturated heterocycles. The number of aromatic amines is 1. The van der Waals surface area contributed by atoms with E-state index in [0.717, 1.165) is 10.9 Å². The molecule has 1 heterocycles. The van der Waals surface area contributed by atoms with Gasteiger partial charge in [0, 0.05) is 5.52 Å². The Hall–Kier alpha value is 0.0352. The van der Waals surface area contributed by atoms with Crippen molar-refractivity contribution in [3.8, 4) is 5.75 Å². The number of ether oxygens (including phenoxy) is 1. The molecule has 0 unspecified atom stereocenters. The van der Waals surface area contributed by atoms with Crippen molar-refractivity contribution in [1.29, 1.82) is 0 Å². The Bertz CT molecular complexity index is 412. The summed E-state index contributed by atoms with van der Waals surface area (Å²) in [6, 6.07) is 7.58. The largest absolute Gasteiger partial charge is 1.00 e. The third-order valence-electron chi connectivity index (χ3n) is 1.70. The van der Waals surface area contributed by atoms with Crippen molar-refractivity contribution >= 4 is 17.4 Å². The van der Waals surface area contributed by atoms with Gasteiger partial charge in [0.1, 0.15) is 0 Å². The van der Waals surface area contributed by atoms with Crippen LogP contribution in [0.25, 0.3) is 10.9 Å². The van der Waals surface area contributed by atoms with Gasteiger partial charge in [-0.2, -0.15) is 0 Å². The molecule has 4 heteroatoms. The van der Waals surface area contributed by atoms with Crippen LogP contribution in [0.5, 0.6) is 5.75 Å². The Morgan fingerprint density at radius 3 is 2.60 bits per heavy atom. The zero-order chi connectivity index (χ0) is 10.4. The van der Waals surface area contributed by atoms with Gasteiger partial charge in [-0.1, -0.05) is 32.0 Å². The van der Waals surface area contributed by atoms with Crippen LogP contribution < -0.4 is 62.9 Å². The molecule has 3 nitrogen and oxygen atoms in total. The molecule has 0 atom stereocenters. The van der Waals surface area contributed by atoms with Crippen molar-refractivity contribution in [2.75, 3.05) is 0 Å². The van der Waals surface area contributed by atoms with E-state index in [0.29, 0.717) is 5.75 Å². The van der Waals surface area contributed by atoms with Crippen LogP contribution in [0.1, 0.15) is 13.8 Å². The summed E-state index contributed by atoms with van der Waals surface area (Å²) < 4.78 is 4.62. The van der Waals surface area contributed by atoms with Crippen LogP contribution in [0.3, 0.4) is 0 Å². The molecular formula is C11H12NO2Rb. The fourth-order valence-electron chi connectivity index (χ4n) is 1.17. The van der Waals surface area contributed by atoms with Crippen LogP contribution in [0.2, 0.25) is 0 Å². The minimum atomic E-state index is 0. The summed E-state index contributed by atoms with van der Waals surface area (Å²) in [6.45, 7) is 5.39. The van der Waals surface area contributed by atoms with E-state index in [1.165, 1.54) is 6.47 Å². The molecule has 0 bridgehead atoms. The summed E-state index contributed by atoms with van der Waals surface area (Å²) in [5.74, 6) is 0.514. The third-order valence-corrected chi connectivity index (χ3v) is 1.70. The van der Waals surface area contributed by atoms with Gasteiger partial charge in [0.15, 0.2) is 6.47 Å². The number of benzene rings is 1. The molecule has 15 heavy (non-hydrogen) atoms. The predicted octanol–water partition coefficient (Wildman–Crippen LogP) is -0.356. The fourth-order valence-corrected chi connectivity index (χ4v) is 1.17. The minimum absolute atomic E-state index is 0. The number of carbonyl (C=O) groups excluding carboxylic acids is 1. The van der Waals surface area contributed by atoms with Crippen molar-refractivity contribution in [3.63, 3.8) is 0 Å². The van der Waals surface area contributed by atoms with E-state index in [9.17, 15) is 4.79 Å². The molecule has 0 saturated carbocycles. The van der Waals surface area contributed by atoms with Gasteiger partial charge in [-0.15, -0.1) is 0 Å². The normalized spacial score (nSPS) is 8.40. The molecule has 0 amide bonds. The van der Waals surface area contributed by atoms with E-state index in [4.69, 9.17) is 0 Å². The number of fused-ring (bicyclic) bond motifs is 1. The number of rotatable bonds is 2. The smallest absolute Gasteiger partial charge is 0.608 e. The maximum Gasteiger partial charge on any atom is 1.00 e. The second kappa shape index (κ2) is 8.22. The Balaban J connectivity index is 0.000000617. The zero-order valence-corrected chi connectivity index (χ0v) is 14.1. The fraction of sp³-hybridized carbons (Fsp3) is 0.182.